The lowest BCUT2D eigenvalue weighted by Crippen LogP contribution is -2.32. The molecule has 4 nitrogen and oxygen atoms in total. The number of ether oxygens (including phenoxy) is 2. The minimum atomic E-state index is -0.108. The van der Waals surface area contributed by atoms with Crippen LogP contribution in [0.3, 0.4) is 0 Å². The molecule has 0 spiro atoms. The Morgan fingerprint density at radius 2 is 1.95 bits per heavy atom. The molecule has 0 heterocycles. The Balaban J connectivity index is 2.25. The summed E-state index contributed by atoms with van der Waals surface area (Å²) in [5.74, 6) is 1.06. The molecule has 1 aliphatic carbocycles. The number of nitrogens with one attached hydrogen (secondary N) is 1. The fraction of sp³-hybridized carbons (Fsp3) is 0.500. The molecule has 1 aromatic carbocycles. The summed E-state index contributed by atoms with van der Waals surface area (Å²) in [4.78, 5) is 12.3. The van der Waals surface area contributed by atoms with Crippen molar-refractivity contribution in [1.29, 1.82) is 0 Å². The van der Waals surface area contributed by atoms with Crippen molar-refractivity contribution in [1.82, 2.24) is 5.32 Å². The Bertz CT molecular complexity index is 470. The van der Waals surface area contributed by atoms with Gasteiger partial charge in [-0.3, -0.25) is 4.79 Å². The molecule has 0 unspecified atom stereocenters. The van der Waals surface area contributed by atoms with Crippen LogP contribution in [0.5, 0.6) is 11.5 Å². The Kier molecular flexibility index (Phi) is 4.69. The molecule has 1 aliphatic rings. The molecule has 5 heteroatoms. The van der Waals surface area contributed by atoms with Gasteiger partial charge in [0.1, 0.15) is 11.5 Å². The Morgan fingerprint density at radius 3 is 2.53 bits per heavy atom. The molecular formula is C14H18BrNO3. The number of rotatable bonds is 4. The molecule has 1 amide bonds. The van der Waals surface area contributed by atoms with E-state index in [0.717, 1.165) is 12.8 Å². The minimum absolute atomic E-state index is 0.108. The van der Waals surface area contributed by atoms with Crippen LogP contribution in [0, 0.1) is 0 Å². The molecule has 104 valence electrons. The van der Waals surface area contributed by atoms with Crippen LogP contribution in [0.25, 0.3) is 0 Å². The fourth-order valence-corrected chi connectivity index (χ4v) is 3.00. The van der Waals surface area contributed by atoms with Crippen molar-refractivity contribution in [2.75, 3.05) is 14.2 Å². The number of halogens is 1. The smallest absolute Gasteiger partial charge is 0.255 e. The molecule has 0 radical (unpaired) electrons. The van der Waals surface area contributed by atoms with E-state index in [-0.39, 0.29) is 11.9 Å². The lowest BCUT2D eigenvalue weighted by atomic mass is 10.1. The highest BCUT2D eigenvalue weighted by atomic mass is 79.9. The highest BCUT2D eigenvalue weighted by Gasteiger charge is 2.22. The van der Waals surface area contributed by atoms with Gasteiger partial charge in [-0.15, -0.1) is 0 Å². The van der Waals surface area contributed by atoms with Crippen LogP contribution in [0.1, 0.15) is 36.0 Å². The zero-order valence-electron chi connectivity index (χ0n) is 11.2. The van der Waals surface area contributed by atoms with E-state index in [2.05, 4.69) is 21.2 Å². The van der Waals surface area contributed by atoms with E-state index in [9.17, 15) is 4.79 Å². The molecule has 1 N–H and O–H groups in total. The summed E-state index contributed by atoms with van der Waals surface area (Å²) in [5, 5.41) is 3.05. The molecule has 19 heavy (non-hydrogen) atoms. The SMILES string of the molecule is COc1cc(Br)c(OC)c(C(=O)NC2CCCC2)c1. The lowest BCUT2D eigenvalue weighted by Gasteiger charge is -2.15. The molecule has 1 saturated carbocycles. The molecule has 0 atom stereocenters. The van der Waals surface area contributed by atoms with Crippen LogP contribution in [0.4, 0.5) is 0 Å². The van der Waals surface area contributed by atoms with Crippen LogP contribution in [-0.4, -0.2) is 26.2 Å². The summed E-state index contributed by atoms with van der Waals surface area (Å²) in [7, 11) is 3.13. The number of benzene rings is 1. The molecule has 1 aromatic rings. The van der Waals surface area contributed by atoms with Crippen molar-refractivity contribution >= 4 is 21.8 Å². The maximum absolute atomic E-state index is 12.3. The van der Waals surface area contributed by atoms with Crippen LogP contribution in [0.15, 0.2) is 16.6 Å². The molecule has 0 saturated heterocycles. The number of methoxy groups -OCH3 is 2. The van der Waals surface area contributed by atoms with Gasteiger partial charge in [-0.05, 0) is 40.9 Å². The van der Waals surface area contributed by atoms with Crippen LogP contribution < -0.4 is 14.8 Å². The summed E-state index contributed by atoms with van der Waals surface area (Å²) in [6.45, 7) is 0. The molecule has 0 bridgehead atoms. The third-order valence-electron chi connectivity index (χ3n) is 3.39. The largest absolute Gasteiger partial charge is 0.497 e. The van der Waals surface area contributed by atoms with Crippen LogP contribution in [0.2, 0.25) is 0 Å². The first-order valence-corrected chi connectivity index (χ1v) is 7.17. The monoisotopic (exact) mass is 327 g/mol. The predicted molar refractivity (Wildman–Crippen MR) is 77.0 cm³/mol. The van der Waals surface area contributed by atoms with E-state index >= 15 is 0 Å². The van der Waals surface area contributed by atoms with Crippen molar-refractivity contribution in [2.24, 2.45) is 0 Å². The van der Waals surface area contributed by atoms with Gasteiger partial charge in [-0.1, -0.05) is 12.8 Å². The van der Waals surface area contributed by atoms with Crippen LogP contribution in [-0.2, 0) is 0 Å². The summed E-state index contributed by atoms with van der Waals surface area (Å²) < 4.78 is 11.2. The first-order valence-electron chi connectivity index (χ1n) is 6.38. The van der Waals surface area contributed by atoms with E-state index in [1.165, 1.54) is 12.8 Å². The molecular weight excluding hydrogens is 310 g/mol. The van der Waals surface area contributed by atoms with Gasteiger partial charge in [0.25, 0.3) is 5.91 Å². The van der Waals surface area contributed by atoms with Gasteiger partial charge in [0.05, 0.1) is 24.3 Å². The molecule has 0 aromatic heterocycles. The van der Waals surface area contributed by atoms with Gasteiger partial charge in [-0.25, -0.2) is 0 Å². The number of amides is 1. The second-order valence-electron chi connectivity index (χ2n) is 4.64. The van der Waals surface area contributed by atoms with Crippen molar-refractivity contribution in [2.45, 2.75) is 31.7 Å². The molecule has 0 aliphatic heterocycles. The molecule has 1 fully saturated rings. The van der Waals surface area contributed by atoms with E-state index in [1.54, 1.807) is 26.4 Å². The summed E-state index contributed by atoms with van der Waals surface area (Å²) in [6.07, 6.45) is 4.48. The summed E-state index contributed by atoms with van der Waals surface area (Å²) >= 11 is 3.39. The number of carbonyl (C=O) groups excluding carboxylic acids is 1. The third kappa shape index (κ3) is 3.21. The van der Waals surface area contributed by atoms with Gasteiger partial charge in [-0.2, -0.15) is 0 Å². The van der Waals surface area contributed by atoms with Gasteiger partial charge in [0.15, 0.2) is 0 Å². The third-order valence-corrected chi connectivity index (χ3v) is 3.98. The normalized spacial score (nSPS) is 15.3. The maximum atomic E-state index is 12.3. The van der Waals surface area contributed by atoms with E-state index in [4.69, 9.17) is 9.47 Å². The van der Waals surface area contributed by atoms with Crippen molar-refractivity contribution in [3.8, 4) is 11.5 Å². The average molecular weight is 328 g/mol. The van der Waals surface area contributed by atoms with Gasteiger partial charge >= 0.3 is 0 Å². The first-order chi connectivity index (χ1) is 9.15. The number of hydrogen-bond donors (Lipinski definition) is 1. The van der Waals surface area contributed by atoms with Crippen molar-refractivity contribution < 1.29 is 14.3 Å². The topological polar surface area (TPSA) is 47.6 Å². The molecule has 2 rings (SSSR count). The quantitative estimate of drug-likeness (QED) is 0.924. The second kappa shape index (κ2) is 6.28. The first kappa shape index (κ1) is 14.2. The lowest BCUT2D eigenvalue weighted by molar-refractivity contribution is 0.0934. The number of carbonyl (C=O) groups is 1. The maximum Gasteiger partial charge on any atom is 0.255 e. The van der Waals surface area contributed by atoms with Gasteiger partial charge in [0, 0.05) is 6.04 Å². The predicted octanol–water partition coefficient (Wildman–Crippen LogP) is 3.14. The minimum Gasteiger partial charge on any atom is -0.497 e. The van der Waals surface area contributed by atoms with Crippen LogP contribution >= 0.6 is 15.9 Å². The highest BCUT2D eigenvalue weighted by Crippen LogP contribution is 2.33. The Morgan fingerprint density at radius 1 is 1.26 bits per heavy atom. The highest BCUT2D eigenvalue weighted by molar-refractivity contribution is 9.10. The standard InChI is InChI=1S/C14H18BrNO3/c1-18-10-7-11(13(19-2)12(15)8-10)14(17)16-9-5-3-4-6-9/h7-9H,3-6H2,1-2H3,(H,16,17). The summed E-state index contributed by atoms with van der Waals surface area (Å²) in [6, 6.07) is 3.76. The second-order valence-corrected chi connectivity index (χ2v) is 5.50. The Labute approximate surface area is 121 Å². The average Bonchev–Trinajstić information content (AvgIpc) is 2.90. The van der Waals surface area contributed by atoms with Crippen molar-refractivity contribution in [3.63, 3.8) is 0 Å². The van der Waals surface area contributed by atoms with E-state index in [1.807, 2.05) is 0 Å². The zero-order chi connectivity index (χ0) is 13.8. The Hall–Kier alpha value is -1.23. The fourth-order valence-electron chi connectivity index (χ4n) is 2.40. The van der Waals surface area contributed by atoms with E-state index in [0.29, 0.717) is 21.5 Å². The zero-order valence-corrected chi connectivity index (χ0v) is 12.7. The van der Waals surface area contributed by atoms with Crippen molar-refractivity contribution in [3.05, 3.63) is 22.2 Å². The van der Waals surface area contributed by atoms with Gasteiger partial charge in [0.2, 0.25) is 0 Å². The van der Waals surface area contributed by atoms with E-state index < -0.39 is 0 Å². The van der Waals surface area contributed by atoms with Gasteiger partial charge < -0.3 is 14.8 Å². The number of hydrogen-bond acceptors (Lipinski definition) is 3. The summed E-state index contributed by atoms with van der Waals surface area (Å²) in [5.41, 5.74) is 0.501.